The summed E-state index contributed by atoms with van der Waals surface area (Å²) >= 11 is 0. The molecule has 1 aliphatic heterocycles. The molecule has 2 atom stereocenters. The average molecular weight is 287 g/mol. The van der Waals surface area contributed by atoms with Gasteiger partial charge < -0.3 is 5.32 Å². The van der Waals surface area contributed by atoms with Crippen LogP contribution in [0.1, 0.15) is 37.9 Å². The fourth-order valence-electron chi connectivity index (χ4n) is 3.94. The van der Waals surface area contributed by atoms with E-state index < -0.39 is 0 Å². The number of rotatable bonds is 3. The number of hydrogen-bond acceptors (Lipinski definition) is 3. The summed E-state index contributed by atoms with van der Waals surface area (Å²) < 4.78 is 0. The maximum atomic E-state index is 3.73. The van der Waals surface area contributed by atoms with Crippen LogP contribution in [-0.2, 0) is 6.42 Å². The SMILES string of the molecule is CCNC1c2ccccc2CC1N1CCN(C)C(C)(C)C1. The van der Waals surface area contributed by atoms with E-state index in [2.05, 4.69) is 67.2 Å². The van der Waals surface area contributed by atoms with Crippen LogP contribution in [0.2, 0.25) is 0 Å². The normalized spacial score (nSPS) is 29.5. The van der Waals surface area contributed by atoms with E-state index in [0.29, 0.717) is 12.1 Å². The molecule has 1 N–H and O–H groups in total. The molecule has 0 aromatic heterocycles. The van der Waals surface area contributed by atoms with Gasteiger partial charge in [-0.2, -0.15) is 0 Å². The van der Waals surface area contributed by atoms with Crippen molar-refractivity contribution in [2.75, 3.05) is 33.2 Å². The Morgan fingerprint density at radius 3 is 2.71 bits per heavy atom. The lowest BCUT2D eigenvalue weighted by Gasteiger charge is -2.48. The number of likely N-dealkylation sites (N-methyl/N-ethyl adjacent to an activating group) is 2. The second kappa shape index (κ2) is 5.71. The van der Waals surface area contributed by atoms with Gasteiger partial charge in [0.15, 0.2) is 0 Å². The molecule has 1 fully saturated rings. The maximum absolute atomic E-state index is 3.73. The smallest absolute Gasteiger partial charge is 0.0484 e. The largest absolute Gasteiger partial charge is 0.309 e. The molecule has 2 unspecified atom stereocenters. The van der Waals surface area contributed by atoms with E-state index in [0.717, 1.165) is 13.1 Å². The maximum Gasteiger partial charge on any atom is 0.0484 e. The second-order valence-electron chi connectivity index (χ2n) is 7.21. The molecule has 2 aliphatic rings. The Morgan fingerprint density at radius 1 is 1.24 bits per heavy atom. The van der Waals surface area contributed by atoms with Crippen molar-refractivity contribution in [3.8, 4) is 0 Å². The van der Waals surface area contributed by atoms with E-state index in [-0.39, 0.29) is 5.54 Å². The summed E-state index contributed by atoms with van der Waals surface area (Å²) in [4.78, 5) is 5.21. The number of nitrogens with zero attached hydrogens (tertiary/aromatic N) is 2. The molecule has 21 heavy (non-hydrogen) atoms. The molecule has 116 valence electrons. The van der Waals surface area contributed by atoms with Gasteiger partial charge >= 0.3 is 0 Å². The summed E-state index contributed by atoms with van der Waals surface area (Å²) in [7, 11) is 2.25. The number of hydrogen-bond donors (Lipinski definition) is 1. The molecule has 0 bridgehead atoms. The highest BCUT2D eigenvalue weighted by Crippen LogP contribution is 2.36. The van der Waals surface area contributed by atoms with Crippen molar-refractivity contribution in [1.82, 2.24) is 15.1 Å². The van der Waals surface area contributed by atoms with Gasteiger partial charge in [-0.3, -0.25) is 9.80 Å². The average Bonchev–Trinajstić information content (AvgIpc) is 2.81. The zero-order valence-corrected chi connectivity index (χ0v) is 13.9. The van der Waals surface area contributed by atoms with E-state index in [9.17, 15) is 0 Å². The van der Waals surface area contributed by atoms with Crippen LogP contribution >= 0.6 is 0 Å². The number of benzene rings is 1. The van der Waals surface area contributed by atoms with E-state index in [4.69, 9.17) is 0 Å². The first-order valence-electron chi connectivity index (χ1n) is 8.29. The van der Waals surface area contributed by atoms with Gasteiger partial charge in [0.25, 0.3) is 0 Å². The van der Waals surface area contributed by atoms with Gasteiger partial charge in [0, 0.05) is 37.3 Å². The van der Waals surface area contributed by atoms with Crippen LogP contribution < -0.4 is 5.32 Å². The summed E-state index contributed by atoms with van der Waals surface area (Å²) in [6.07, 6.45) is 1.19. The van der Waals surface area contributed by atoms with Gasteiger partial charge in [0.05, 0.1) is 0 Å². The third-order valence-corrected chi connectivity index (χ3v) is 5.44. The minimum atomic E-state index is 0.268. The van der Waals surface area contributed by atoms with Crippen molar-refractivity contribution in [3.63, 3.8) is 0 Å². The number of nitrogens with one attached hydrogen (secondary N) is 1. The van der Waals surface area contributed by atoms with Crippen LogP contribution in [0.3, 0.4) is 0 Å². The fourth-order valence-corrected chi connectivity index (χ4v) is 3.94. The Kier molecular flexibility index (Phi) is 4.08. The van der Waals surface area contributed by atoms with Gasteiger partial charge in [-0.05, 0) is 45.0 Å². The summed E-state index contributed by atoms with van der Waals surface area (Å²) in [6, 6.07) is 10.1. The molecule has 1 aliphatic carbocycles. The second-order valence-corrected chi connectivity index (χ2v) is 7.21. The highest BCUT2D eigenvalue weighted by atomic mass is 15.3. The molecule has 1 heterocycles. The standard InChI is InChI=1S/C18H29N3/c1-5-19-17-15-9-7-6-8-14(15)12-16(17)21-11-10-20(4)18(2,3)13-21/h6-9,16-17,19H,5,10-13H2,1-4H3. The summed E-state index contributed by atoms with van der Waals surface area (Å²) in [5.74, 6) is 0. The zero-order chi connectivity index (χ0) is 15.0. The van der Waals surface area contributed by atoms with Gasteiger partial charge in [0.1, 0.15) is 0 Å². The van der Waals surface area contributed by atoms with Crippen LogP contribution in [0.25, 0.3) is 0 Å². The van der Waals surface area contributed by atoms with Crippen molar-refractivity contribution in [2.24, 2.45) is 0 Å². The highest BCUT2D eigenvalue weighted by Gasteiger charge is 2.40. The predicted octanol–water partition coefficient (Wildman–Crippen LogP) is 2.29. The lowest BCUT2D eigenvalue weighted by molar-refractivity contribution is 0.0104. The minimum absolute atomic E-state index is 0.268. The molecule has 0 saturated carbocycles. The van der Waals surface area contributed by atoms with E-state index >= 15 is 0 Å². The molecule has 0 amide bonds. The van der Waals surface area contributed by atoms with Crippen LogP contribution in [0.4, 0.5) is 0 Å². The highest BCUT2D eigenvalue weighted by molar-refractivity contribution is 5.37. The molecule has 0 spiro atoms. The van der Waals surface area contributed by atoms with E-state index in [1.807, 2.05) is 0 Å². The molecule has 3 rings (SSSR count). The van der Waals surface area contributed by atoms with Crippen LogP contribution in [0, 0.1) is 0 Å². The van der Waals surface area contributed by atoms with Crippen molar-refractivity contribution >= 4 is 0 Å². The third-order valence-electron chi connectivity index (χ3n) is 5.44. The molecule has 3 nitrogen and oxygen atoms in total. The first-order chi connectivity index (χ1) is 10.0. The van der Waals surface area contributed by atoms with E-state index in [1.165, 1.54) is 30.6 Å². The fraction of sp³-hybridized carbons (Fsp3) is 0.667. The van der Waals surface area contributed by atoms with Crippen molar-refractivity contribution < 1.29 is 0 Å². The van der Waals surface area contributed by atoms with Crippen LogP contribution in [0.5, 0.6) is 0 Å². The van der Waals surface area contributed by atoms with E-state index in [1.54, 1.807) is 0 Å². The van der Waals surface area contributed by atoms with Crippen LogP contribution in [0.15, 0.2) is 24.3 Å². The third kappa shape index (κ3) is 2.75. The van der Waals surface area contributed by atoms with Crippen molar-refractivity contribution in [2.45, 2.75) is 44.8 Å². The number of fused-ring (bicyclic) bond motifs is 1. The Labute approximate surface area is 129 Å². The van der Waals surface area contributed by atoms with Crippen LogP contribution in [-0.4, -0.2) is 54.6 Å². The molecular weight excluding hydrogens is 258 g/mol. The Bertz CT molecular complexity index is 497. The van der Waals surface area contributed by atoms with Gasteiger partial charge in [-0.25, -0.2) is 0 Å². The molecule has 1 aromatic carbocycles. The van der Waals surface area contributed by atoms with Gasteiger partial charge in [-0.15, -0.1) is 0 Å². The quantitative estimate of drug-likeness (QED) is 0.920. The predicted molar refractivity (Wildman–Crippen MR) is 88.6 cm³/mol. The van der Waals surface area contributed by atoms with Crippen molar-refractivity contribution in [1.29, 1.82) is 0 Å². The number of piperazine rings is 1. The lowest BCUT2D eigenvalue weighted by Crippen LogP contribution is -2.61. The first kappa shape index (κ1) is 15.0. The minimum Gasteiger partial charge on any atom is -0.309 e. The summed E-state index contributed by atoms with van der Waals surface area (Å²) in [5.41, 5.74) is 3.32. The topological polar surface area (TPSA) is 18.5 Å². The molecule has 3 heteroatoms. The summed E-state index contributed by atoms with van der Waals surface area (Å²) in [6.45, 7) is 11.5. The molecule has 1 aromatic rings. The lowest BCUT2D eigenvalue weighted by atomic mass is 9.96. The van der Waals surface area contributed by atoms with Gasteiger partial charge in [-0.1, -0.05) is 31.2 Å². The molecular formula is C18H29N3. The van der Waals surface area contributed by atoms with Gasteiger partial charge in [0.2, 0.25) is 0 Å². The van der Waals surface area contributed by atoms with Crippen molar-refractivity contribution in [3.05, 3.63) is 35.4 Å². The Balaban J connectivity index is 1.82. The first-order valence-corrected chi connectivity index (χ1v) is 8.29. The zero-order valence-electron chi connectivity index (χ0n) is 13.9. The monoisotopic (exact) mass is 287 g/mol. The summed E-state index contributed by atoms with van der Waals surface area (Å²) in [5, 5.41) is 3.73. The Morgan fingerprint density at radius 2 is 2.00 bits per heavy atom. The molecule has 0 radical (unpaired) electrons. The molecule has 1 saturated heterocycles. The Hall–Kier alpha value is -0.900.